The first-order valence-corrected chi connectivity index (χ1v) is 35.3. The summed E-state index contributed by atoms with van der Waals surface area (Å²) in [6.45, 7) is 37.4. The minimum Gasteiger partial charge on any atom is -0.851 e. The Bertz CT molecular complexity index is 2690. The Morgan fingerprint density at radius 2 is 0.800 bits per heavy atom. The largest absolute Gasteiger partial charge is 6.00 e. The van der Waals surface area contributed by atoms with E-state index in [2.05, 4.69) is 97.8 Å². The van der Waals surface area contributed by atoms with Crippen LogP contribution in [0.5, 0.6) is 5.75 Å². The molecule has 0 saturated carbocycles. The summed E-state index contributed by atoms with van der Waals surface area (Å²) in [5, 5.41) is 81.8. The van der Waals surface area contributed by atoms with E-state index < -0.39 is 36.6 Å². The summed E-state index contributed by atoms with van der Waals surface area (Å²) >= 11 is 0. The summed E-state index contributed by atoms with van der Waals surface area (Å²) in [7, 11) is 1.67. The molecule has 22 nitrogen and oxygen atoms in total. The number of aldehydes is 1. The fourth-order valence-corrected chi connectivity index (χ4v) is 11.6. The maximum absolute atomic E-state index is 12.5. The summed E-state index contributed by atoms with van der Waals surface area (Å²) in [6, 6.07) is 37.2. The molecule has 3 fully saturated rings. The zero-order valence-corrected chi connectivity index (χ0v) is 65.8. The number of nitrogens with one attached hydrogen (secondary N) is 1. The smallest absolute Gasteiger partial charge is 0.851 e. The topological polar surface area (TPSA) is 254 Å². The number of anilines is 1. The van der Waals surface area contributed by atoms with Crippen molar-refractivity contribution in [3.05, 3.63) is 151 Å². The van der Waals surface area contributed by atoms with Crippen molar-refractivity contribution in [3.8, 4) is 5.75 Å². The zero-order valence-electron chi connectivity index (χ0n) is 61.4. The number of hydrogen-bond donors (Lipinski definition) is 1. The zero-order chi connectivity index (χ0) is 70.6. The Kier molecular flexibility index (Phi) is 69.4. The number of carbonyl (C=O) groups is 2. The molecule has 0 spiro atoms. The van der Waals surface area contributed by atoms with Crippen molar-refractivity contribution < 1.29 is 113 Å². The van der Waals surface area contributed by atoms with E-state index in [0.29, 0.717) is 58.9 Å². The molecule has 26 heteroatoms. The van der Waals surface area contributed by atoms with Crippen LogP contribution in [0.4, 0.5) is 5.69 Å². The number of nitrogens with zero attached hydrogens (tertiary/aromatic N) is 12. The van der Waals surface area contributed by atoms with Gasteiger partial charge < -0.3 is 77.0 Å². The first-order chi connectivity index (χ1) is 46.7. The van der Waals surface area contributed by atoms with Crippen molar-refractivity contribution in [3.63, 3.8) is 0 Å². The predicted molar refractivity (Wildman–Crippen MR) is 405 cm³/mol. The van der Waals surface area contributed by atoms with Crippen molar-refractivity contribution in [1.29, 1.82) is 0 Å². The van der Waals surface area contributed by atoms with E-state index in [9.17, 15) is 40.2 Å². The van der Waals surface area contributed by atoms with Crippen molar-refractivity contribution in [2.45, 2.75) is 154 Å². The molecule has 3 aliphatic rings. The SMILES string of the molecule is C.C.C.C.COc1ccc(CN2CCN(C[C@H](C)[O-])CCN(C[C@H](C)[O-])CC2)cc1.C[C@H]([O-])CN1CCN(CC(=O)CNc2ccccc2)CCN(C[C@H](C)[O-])CC1.C[C@H]([O-])CN1CCN(Cc2cn(Cc3ccccc3)nn2)CCN(C[C@H](C)[O-])CC1.O=Cc1ccccc1.[CH2-]CCCC.[Fe+6].[Fe+6].[Fe+6].[Fe]. The number of para-hydroxylation sites is 1. The van der Waals surface area contributed by atoms with Crippen LogP contribution in [0.15, 0.2) is 121 Å². The van der Waals surface area contributed by atoms with Crippen molar-refractivity contribution in [2.75, 3.05) is 183 Å². The molecule has 3 saturated heterocycles. The fourth-order valence-electron chi connectivity index (χ4n) is 11.6. The van der Waals surface area contributed by atoms with Gasteiger partial charge in [0.15, 0.2) is 5.78 Å². The standard InChI is InChI=1S/C22H34N6O2.C21H34N4O3.C20H33N3O3.C7H6O.C5H11.4CH4.4Fe/c1-19(29)14-25-8-9-26(15-20(2)30)11-13-27(12-10-25)17-22-18-28(24-23-22)16-21-6-4-3-5-7-21;1-18(26)15-23-8-9-24(16-19(2)27)11-13-25(12-10-23)17-21(28)14-22-20-6-4-3-5-7-20;1-17(24)14-21-8-9-22(15-18(2)25)11-13-23(12-10-21)16-19-4-6-20(26-3)7-5-19;8-6-7-4-2-1-3-5-7;1-3-5-4-2;;;;;;;;/h3-7,18-20H,8-17H2,1-2H3;3-7,18-19,22H,8-17H2,1-2H3;4-7,17-18H,8-16H2,1-3H3;1-6H;1,3-5H2,2H3;4*1H4;;;;/q3*-2;;-1;;;;;;3*+6/t19-,20-;18-,19-;17-,18-;;;;;;;;;;/m000........../s1. The molecular weight excluding hydrogens is 1500 g/mol. The molecule has 5 aromatic rings. The van der Waals surface area contributed by atoms with Gasteiger partial charge in [-0.3, -0.25) is 24.3 Å². The number of ether oxygens (including phenoxy) is 1. The van der Waals surface area contributed by atoms with Crippen molar-refractivity contribution >= 4 is 17.8 Å². The van der Waals surface area contributed by atoms with Gasteiger partial charge in [-0.1, -0.05) is 187 Å². The fraction of sp³-hybridized carbons (Fsp3) is 0.633. The van der Waals surface area contributed by atoms with Crippen LogP contribution >= 0.6 is 0 Å². The number of Topliss-reactive ketones (excluding diaryl/α,β-unsaturated/α-hetero) is 1. The molecule has 105 heavy (non-hydrogen) atoms. The number of methoxy groups -OCH3 is 1. The number of benzene rings is 4. The molecule has 0 bridgehead atoms. The first-order valence-electron chi connectivity index (χ1n) is 35.3. The number of ketones is 1. The molecule has 1 aromatic heterocycles. The van der Waals surface area contributed by atoms with E-state index in [1.54, 1.807) is 60.8 Å². The van der Waals surface area contributed by atoms with E-state index in [-0.39, 0.29) is 104 Å². The average molecular weight is 1630 g/mol. The van der Waals surface area contributed by atoms with Crippen molar-refractivity contribution in [1.82, 2.24) is 59.1 Å². The summed E-state index contributed by atoms with van der Waals surface area (Å²) in [5.41, 5.74) is 5.05. The summed E-state index contributed by atoms with van der Waals surface area (Å²) < 4.78 is 7.10. The molecule has 4 heterocycles. The monoisotopic (exact) mass is 1630 g/mol. The quantitative estimate of drug-likeness (QED) is 0.0443. The second kappa shape index (κ2) is 66.2. The third kappa shape index (κ3) is 53.1. The minimum absolute atomic E-state index is 0. The second-order valence-electron chi connectivity index (χ2n) is 26.2. The molecule has 4 aromatic carbocycles. The summed E-state index contributed by atoms with van der Waals surface area (Å²) in [5.74, 6) is 1.00. The Hall–Kier alpha value is -3.56. The summed E-state index contributed by atoms with van der Waals surface area (Å²) in [4.78, 5) is 42.6. The van der Waals surface area contributed by atoms with Crippen LogP contribution in [0.3, 0.4) is 0 Å². The van der Waals surface area contributed by atoms with Gasteiger partial charge in [0.1, 0.15) is 12.0 Å². The van der Waals surface area contributed by atoms with Gasteiger partial charge in [0.05, 0.1) is 38.6 Å². The van der Waals surface area contributed by atoms with Crippen LogP contribution in [0.1, 0.15) is 125 Å². The normalized spacial score (nSPS) is 17.2. The van der Waals surface area contributed by atoms with Gasteiger partial charge in [0.2, 0.25) is 0 Å². The van der Waals surface area contributed by atoms with Crippen LogP contribution in [0.25, 0.3) is 0 Å². The molecule has 1 N–H and O–H groups in total. The van der Waals surface area contributed by atoms with Gasteiger partial charge in [-0.2, -0.15) is 6.42 Å². The molecule has 8 rings (SSSR count). The van der Waals surface area contributed by atoms with Crippen LogP contribution in [-0.2, 0) is 92.7 Å². The van der Waals surface area contributed by atoms with E-state index in [4.69, 9.17) is 4.74 Å². The second-order valence-corrected chi connectivity index (χ2v) is 26.2. The van der Waals surface area contributed by atoms with Gasteiger partial charge in [0.25, 0.3) is 0 Å². The number of carbonyl (C=O) groups excluding carboxylic acids is 2. The molecular formula is C79H134Fe4N13O9+11. The predicted octanol–water partition coefficient (Wildman–Crippen LogP) is 3.98. The van der Waals surface area contributed by atoms with Gasteiger partial charge in [-0.05, 0) is 74.7 Å². The maximum atomic E-state index is 12.5. The van der Waals surface area contributed by atoms with Crippen LogP contribution in [0.2, 0.25) is 0 Å². The third-order valence-electron chi connectivity index (χ3n) is 16.6. The van der Waals surface area contributed by atoms with E-state index in [1.165, 1.54) is 24.0 Å². The average Bonchev–Trinajstić information content (AvgIpc) is 1.82. The third-order valence-corrected chi connectivity index (χ3v) is 16.6. The Morgan fingerprint density at radius 3 is 1.11 bits per heavy atom. The molecule has 590 valence electrons. The Balaban J connectivity index is -0.000000423. The number of unbranched alkanes of at least 4 members (excludes halogenated alkanes) is 2. The van der Waals surface area contributed by atoms with E-state index in [1.807, 2.05) is 89.7 Å². The Morgan fingerprint density at radius 1 is 0.476 bits per heavy atom. The molecule has 0 aliphatic carbocycles. The molecule has 0 amide bonds. The van der Waals surface area contributed by atoms with E-state index >= 15 is 0 Å². The first kappa shape index (κ1) is 110. The number of hydrogen-bond acceptors (Lipinski definition) is 21. The van der Waals surface area contributed by atoms with Gasteiger partial charge >= 0.3 is 51.2 Å². The van der Waals surface area contributed by atoms with Crippen LogP contribution in [0, 0.1) is 6.92 Å². The molecule has 3 aliphatic heterocycles. The van der Waals surface area contributed by atoms with E-state index in [0.717, 1.165) is 166 Å². The van der Waals surface area contributed by atoms with Gasteiger partial charge in [-0.15, -0.1) is 41.7 Å². The van der Waals surface area contributed by atoms with Crippen LogP contribution < -0.4 is 40.7 Å². The van der Waals surface area contributed by atoms with Gasteiger partial charge in [-0.25, -0.2) is 4.68 Å². The van der Waals surface area contributed by atoms with Gasteiger partial charge in [0, 0.05) is 159 Å². The van der Waals surface area contributed by atoms with Crippen LogP contribution in [-0.4, -0.2) is 285 Å². The maximum Gasteiger partial charge on any atom is 6.00 e. The minimum atomic E-state index is -0.641. The number of aromatic nitrogens is 3. The molecule has 0 radical (unpaired) electrons. The summed E-state index contributed by atoms with van der Waals surface area (Å²) in [6.07, 6.45) is 2.83. The number of rotatable bonds is 27. The molecule has 0 unspecified atom stereocenters. The Labute approximate surface area is 678 Å². The van der Waals surface area contributed by atoms with Crippen molar-refractivity contribution in [2.24, 2.45) is 0 Å². The molecule has 6 atom stereocenters.